The first-order valence-corrected chi connectivity index (χ1v) is 6.85. The molecular formula is C12H8N6O2S. The number of fused-ring (bicyclic) bond motifs is 1. The molecule has 9 heteroatoms. The van der Waals surface area contributed by atoms with Gasteiger partial charge in [-0.1, -0.05) is 11.3 Å². The summed E-state index contributed by atoms with van der Waals surface area (Å²) in [6.07, 6.45) is 6.29. The molecule has 0 aliphatic carbocycles. The van der Waals surface area contributed by atoms with Crippen LogP contribution in [0.2, 0.25) is 0 Å². The fourth-order valence-electron chi connectivity index (χ4n) is 1.75. The van der Waals surface area contributed by atoms with Crippen molar-refractivity contribution in [1.82, 2.24) is 29.8 Å². The minimum absolute atomic E-state index is 0.210. The third-order valence-corrected chi connectivity index (χ3v) is 3.59. The summed E-state index contributed by atoms with van der Waals surface area (Å²) in [6.45, 7) is 0.210. The van der Waals surface area contributed by atoms with E-state index in [4.69, 9.17) is 9.15 Å². The van der Waals surface area contributed by atoms with E-state index >= 15 is 0 Å². The summed E-state index contributed by atoms with van der Waals surface area (Å²) in [6, 6.07) is 3.66. The van der Waals surface area contributed by atoms with Crippen molar-refractivity contribution in [1.29, 1.82) is 0 Å². The molecule has 0 fully saturated rings. The van der Waals surface area contributed by atoms with Gasteiger partial charge < -0.3 is 9.15 Å². The molecule has 0 unspecified atom stereocenters. The summed E-state index contributed by atoms with van der Waals surface area (Å²) in [5.74, 6) is 1.71. The second-order valence-corrected chi connectivity index (χ2v) is 4.98. The largest absolute Gasteiger partial charge is 0.468 e. The summed E-state index contributed by atoms with van der Waals surface area (Å²) >= 11 is 1.40. The van der Waals surface area contributed by atoms with Gasteiger partial charge in [0.25, 0.3) is 0 Å². The molecule has 0 aliphatic rings. The van der Waals surface area contributed by atoms with Gasteiger partial charge in [-0.3, -0.25) is 4.98 Å². The average Bonchev–Trinajstić information content (AvgIpc) is 3.23. The van der Waals surface area contributed by atoms with Crippen LogP contribution in [0.4, 0.5) is 0 Å². The van der Waals surface area contributed by atoms with Gasteiger partial charge in [-0.05, 0) is 12.1 Å². The Balaban J connectivity index is 1.61. The van der Waals surface area contributed by atoms with Gasteiger partial charge in [0, 0.05) is 12.4 Å². The second kappa shape index (κ2) is 4.94. The highest BCUT2D eigenvalue weighted by Gasteiger charge is 2.14. The Kier molecular flexibility index (Phi) is 2.82. The third kappa shape index (κ3) is 2.23. The minimum atomic E-state index is 0.210. The van der Waals surface area contributed by atoms with Crippen LogP contribution in [0, 0.1) is 0 Å². The molecule has 4 rings (SSSR count). The zero-order chi connectivity index (χ0) is 14.1. The first-order valence-electron chi connectivity index (χ1n) is 6.04. The molecule has 0 spiro atoms. The summed E-state index contributed by atoms with van der Waals surface area (Å²) < 4.78 is 12.5. The third-order valence-electron chi connectivity index (χ3n) is 2.68. The fourth-order valence-corrected chi connectivity index (χ4v) is 2.57. The van der Waals surface area contributed by atoms with Crippen LogP contribution >= 0.6 is 11.3 Å². The molecule has 0 aromatic carbocycles. The van der Waals surface area contributed by atoms with E-state index < -0.39 is 0 Å². The number of hydrogen-bond donors (Lipinski definition) is 0. The molecule has 4 heterocycles. The second-order valence-electron chi connectivity index (χ2n) is 4.03. The topological polar surface area (TPSA) is 91.2 Å². The van der Waals surface area contributed by atoms with Gasteiger partial charge in [0.1, 0.15) is 0 Å². The van der Waals surface area contributed by atoms with Gasteiger partial charge in [-0.25, -0.2) is 4.98 Å². The van der Waals surface area contributed by atoms with Crippen molar-refractivity contribution in [3.8, 4) is 16.6 Å². The molecule has 0 bridgehead atoms. The number of ether oxygens (including phenoxy) is 1. The normalized spacial score (nSPS) is 11.0. The Labute approximate surface area is 122 Å². The quantitative estimate of drug-likeness (QED) is 0.567. The summed E-state index contributed by atoms with van der Waals surface area (Å²) in [4.78, 5) is 8.64. The lowest BCUT2D eigenvalue weighted by atomic mass is 10.5. The Hall–Kier alpha value is -2.81. The maximum absolute atomic E-state index is 5.50. The molecular weight excluding hydrogens is 292 g/mol. The number of nitrogens with zero attached hydrogens (tertiary/aromatic N) is 6. The molecule has 0 saturated carbocycles. The smallest absolute Gasteiger partial charge is 0.235 e. The van der Waals surface area contributed by atoms with E-state index in [2.05, 4.69) is 25.3 Å². The van der Waals surface area contributed by atoms with Crippen LogP contribution in [0.1, 0.15) is 5.82 Å². The molecule has 21 heavy (non-hydrogen) atoms. The van der Waals surface area contributed by atoms with Crippen LogP contribution in [-0.2, 0) is 6.61 Å². The summed E-state index contributed by atoms with van der Waals surface area (Å²) in [5, 5.41) is 13.3. The maximum atomic E-state index is 5.50. The molecule has 0 radical (unpaired) electrons. The van der Waals surface area contributed by atoms with Gasteiger partial charge in [-0.15, -0.1) is 15.3 Å². The van der Waals surface area contributed by atoms with Crippen molar-refractivity contribution in [3.63, 3.8) is 0 Å². The van der Waals surface area contributed by atoms with Crippen molar-refractivity contribution in [3.05, 3.63) is 42.8 Å². The van der Waals surface area contributed by atoms with E-state index in [0.29, 0.717) is 22.4 Å². The van der Waals surface area contributed by atoms with E-state index in [0.717, 1.165) is 5.01 Å². The number of rotatable bonds is 4. The van der Waals surface area contributed by atoms with Crippen LogP contribution in [-0.4, -0.2) is 29.8 Å². The molecule has 0 amide bonds. The van der Waals surface area contributed by atoms with E-state index in [1.807, 2.05) is 12.1 Å². The first kappa shape index (κ1) is 12.0. The highest BCUT2D eigenvalue weighted by atomic mass is 32.1. The zero-order valence-electron chi connectivity index (χ0n) is 10.6. The van der Waals surface area contributed by atoms with Crippen LogP contribution < -0.4 is 4.74 Å². The molecule has 4 aromatic rings. The van der Waals surface area contributed by atoms with E-state index in [9.17, 15) is 0 Å². The average molecular weight is 300 g/mol. The van der Waals surface area contributed by atoms with E-state index in [1.54, 1.807) is 23.2 Å². The number of hydrogen-bond acceptors (Lipinski definition) is 8. The Morgan fingerprint density at radius 2 is 2.29 bits per heavy atom. The first-order chi connectivity index (χ1) is 10.4. The Bertz CT molecular complexity index is 855. The molecule has 4 aromatic heterocycles. The van der Waals surface area contributed by atoms with Gasteiger partial charge in [0.15, 0.2) is 23.2 Å². The predicted molar refractivity (Wildman–Crippen MR) is 72.7 cm³/mol. The lowest BCUT2D eigenvalue weighted by molar-refractivity contribution is 0.280. The van der Waals surface area contributed by atoms with Crippen LogP contribution in [0.15, 0.2) is 41.4 Å². The fraction of sp³-hybridized carbons (Fsp3) is 0.0833. The molecule has 0 aliphatic heterocycles. The summed E-state index contributed by atoms with van der Waals surface area (Å²) in [7, 11) is 0. The summed E-state index contributed by atoms with van der Waals surface area (Å²) in [5.41, 5.74) is 0. The monoisotopic (exact) mass is 300 g/mol. The molecule has 8 nitrogen and oxygen atoms in total. The zero-order valence-corrected chi connectivity index (χ0v) is 11.4. The molecule has 0 N–H and O–H groups in total. The van der Waals surface area contributed by atoms with Gasteiger partial charge >= 0.3 is 0 Å². The van der Waals surface area contributed by atoms with E-state index in [-0.39, 0.29) is 6.61 Å². The van der Waals surface area contributed by atoms with Crippen LogP contribution in [0.3, 0.4) is 0 Å². The lowest BCUT2D eigenvalue weighted by Gasteiger charge is -2.00. The SMILES string of the molecule is c1coc(-c2nn3c(COc4cnccn4)nnc3s2)c1. The minimum Gasteiger partial charge on any atom is -0.468 e. The molecule has 104 valence electrons. The van der Waals surface area contributed by atoms with Gasteiger partial charge in [0.05, 0.1) is 12.5 Å². The highest BCUT2D eigenvalue weighted by molar-refractivity contribution is 7.19. The van der Waals surface area contributed by atoms with Gasteiger partial charge in [0.2, 0.25) is 10.8 Å². The predicted octanol–water partition coefficient (Wildman–Crippen LogP) is 1.81. The number of furan rings is 1. The molecule has 0 atom stereocenters. The lowest BCUT2D eigenvalue weighted by Crippen LogP contribution is -2.03. The number of aromatic nitrogens is 6. The Morgan fingerprint density at radius 1 is 1.29 bits per heavy atom. The van der Waals surface area contributed by atoms with Crippen molar-refractivity contribution in [2.24, 2.45) is 0 Å². The van der Waals surface area contributed by atoms with Crippen LogP contribution in [0.5, 0.6) is 5.88 Å². The van der Waals surface area contributed by atoms with Crippen LogP contribution in [0.25, 0.3) is 15.7 Å². The standard InChI is InChI=1S/C12H8N6O2S/c1-2-8(19-5-1)11-17-18-9(15-16-12(18)21-11)7-20-10-6-13-3-4-14-10/h1-6H,7H2. The van der Waals surface area contributed by atoms with Crippen molar-refractivity contribution >= 4 is 16.3 Å². The van der Waals surface area contributed by atoms with E-state index in [1.165, 1.54) is 17.5 Å². The Morgan fingerprint density at radius 3 is 3.10 bits per heavy atom. The molecule has 0 saturated heterocycles. The van der Waals surface area contributed by atoms with Gasteiger partial charge in [-0.2, -0.15) is 4.52 Å². The van der Waals surface area contributed by atoms with Crippen molar-refractivity contribution < 1.29 is 9.15 Å². The highest BCUT2D eigenvalue weighted by Crippen LogP contribution is 2.25. The maximum Gasteiger partial charge on any atom is 0.235 e. The van der Waals surface area contributed by atoms with Crippen molar-refractivity contribution in [2.45, 2.75) is 6.61 Å². The van der Waals surface area contributed by atoms with Crippen molar-refractivity contribution in [2.75, 3.05) is 0 Å².